The van der Waals surface area contributed by atoms with Gasteiger partial charge in [-0.3, -0.25) is 4.31 Å². The van der Waals surface area contributed by atoms with E-state index in [1.807, 2.05) is 6.07 Å². The Bertz CT molecular complexity index is 530. The monoisotopic (exact) mass is 320 g/mol. The first-order valence-corrected chi connectivity index (χ1v) is 7.24. The Labute approximate surface area is 109 Å². The predicted molar refractivity (Wildman–Crippen MR) is 69.6 cm³/mol. The average molecular weight is 321 g/mol. The number of halogens is 1. The van der Waals surface area contributed by atoms with E-state index in [9.17, 15) is 8.42 Å². The molecule has 94 valence electrons. The molecule has 1 aromatic carbocycles. The molecule has 0 fully saturated rings. The number of benzene rings is 1. The molecule has 2 rings (SSSR count). The number of hydrogen-bond acceptors (Lipinski definition) is 3. The highest BCUT2D eigenvalue weighted by Crippen LogP contribution is 2.35. The van der Waals surface area contributed by atoms with Crippen LogP contribution in [0.15, 0.2) is 22.7 Å². The topological polar surface area (TPSA) is 49.9 Å². The van der Waals surface area contributed by atoms with Crippen molar-refractivity contribution >= 4 is 31.8 Å². The largest absolute Gasteiger partial charge is 0.489 e. The van der Waals surface area contributed by atoms with Gasteiger partial charge in [-0.05, 0) is 18.2 Å². The Morgan fingerprint density at radius 2 is 2.12 bits per heavy atom. The summed E-state index contributed by atoms with van der Waals surface area (Å²) in [6.07, 6.45) is 0. The van der Waals surface area contributed by atoms with Crippen LogP contribution in [0.1, 0.15) is 0 Å². The van der Waals surface area contributed by atoms with Crippen LogP contribution in [0, 0.1) is 0 Å². The molecule has 0 spiro atoms. The molecule has 1 aromatic rings. The first-order valence-electron chi connectivity index (χ1n) is 5.05. The van der Waals surface area contributed by atoms with Crippen molar-refractivity contribution in [2.75, 3.05) is 31.6 Å². The summed E-state index contributed by atoms with van der Waals surface area (Å²) in [5.74, 6) is 0.588. The van der Waals surface area contributed by atoms with Crippen molar-refractivity contribution < 1.29 is 13.2 Å². The minimum Gasteiger partial charge on any atom is -0.489 e. The zero-order valence-corrected chi connectivity index (χ0v) is 12.0. The lowest BCUT2D eigenvalue weighted by molar-refractivity contribution is 0.314. The van der Waals surface area contributed by atoms with Gasteiger partial charge in [0.15, 0.2) is 0 Å². The number of rotatable bonds is 2. The van der Waals surface area contributed by atoms with Crippen molar-refractivity contribution in [3.63, 3.8) is 0 Å². The molecule has 1 heterocycles. The van der Waals surface area contributed by atoms with E-state index in [1.54, 1.807) is 12.1 Å². The second kappa shape index (κ2) is 4.47. The number of hydrogen-bond donors (Lipinski definition) is 0. The third-order valence-corrected chi connectivity index (χ3v) is 4.83. The summed E-state index contributed by atoms with van der Waals surface area (Å²) < 4.78 is 33.1. The van der Waals surface area contributed by atoms with E-state index < -0.39 is 10.2 Å². The highest BCUT2D eigenvalue weighted by atomic mass is 79.9. The van der Waals surface area contributed by atoms with E-state index in [4.69, 9.17) is 4.74 Å². The molecule has 1 aliphatic heterocycles. The Morgan fingerprint density at radius 3 is 2.76 bits per heavy atom. The standard InChI is InChI=1S/C10H13BrN2O3S/c1-12(2)17(14,15)13-5-6-16-10-4-3-8(11)7-9(10)13/h3-4,7H,5-6H2,1-2H3. The Morgan fingerprint density at radius 1 is 1.41 bits per heavy atom. The minimum atomic E-state index is -3.46. The molecule has 0 unspecified atom stereocenters. The van der Waals surface area contributed by atoms with Crippen molar-refractivity contribution in [2.45, 2.75) is 0 Å². The molecule has 17 heavy (non-hydrogen) atoms. The number of nitrogens with zero attached hydrogens (tertiary/aromatic N) is 2. The zero-order chi connectivity index (χ0) is 12.6. The van der Waals surface area contributed by atoms with Crippen LogP contribution in [0.4, 0.5) is 5.69 Å². The van der Waals surface area contributed by atoms with E-state index in [2.05, 4.69) is 15.9 Å². The summed E-state index contributed by atoms with van der Waals surface area (Å²) in [6, 6.07) is 5.33. The van der Waals surface area contributed by atoms with Crippen LogP contribution in [0.3, 0.4) is 0 Å². The molecule has 0 N–H and O–H groups in total. The average Bonchev–Trinajstić information content (AvgIpc) is 2.27. The lowest BCUT2D eigenvalue weighted by Crippen LogP contribution is -2.44. The normalized spacial score (nSPS) is 15.6. The Balaban J connectivity index is 2.52. The van der Waals surface area contributed by atoms with Gasteiger partial charge in [0.2, 0.25) is 0 Å². The molecule has 0 saturated carbocycles. The van der Waals surface area contributed by atoms with Gasteiger partial charge in [0, 0.05) is 18.6 Å². The first-order chi connectivity index (χ1) is 7.93. The quantitative estimate of drug-likeness (QED) is 0.828. The van der Waals surface area contributed by atoms with Gasteiger partial charge in [0.1, 0.15) is 12.4 Å². The smallest absolute Gasteiger partial charge is 0.303 e. The maximum atomic E-state index is 12.1. The van der Waals surface area contributed by atoms with E-state index in [0.717, 1.165) is 4.47 Å². The van der Waals surface area contributed by atoms with Crippen molar-refractivity contribution in [2.24, 2.45) is 0 Å². The van der Waals surface area contributed by atoms with Gasteiger partial charge in [0.25, 0.3) is 0 Å². The van der Waals surface area contributed by atoms with Gasteiger partial charge in [0.05, 0.1) is 12.2 Å². The lowest BCUT2D eigenvalue weighted by atomic mass is 10.2. The second-order valence-electron chi connectivity index (χ2n) is 3.82. The highest BCUT2D eigenvalue weighted by molar-refractivity contribution is 9.10. The summed E-state index contributed by atoms with van der Waals surface area (Å²) in [5, 5.41) is 0. The molecule has 0 atom stereocenters. The van der Waals surface area contributed by atoms with Crippen molar-refractivity contribution in [1.82, 2.24) is 4.31 Å². The Kier molecular flexibility index (Phi) is 3.33. The van der Waals surface area contributed by atoms with E-state index in [1.165, 1.54) is 22.7 Å². The fourth-order valence-electron chi connectivity index (χ4n) is 1.60. The van der Waals surface area contributed by atoms with Gasteiger partial charge < -0.3 is 4.74 Å². The van der Waals surface area contributed by atoms with Crippen LogP contribution in [0.2, 0.25) is 0 Å². The van der Waals surface area contributed by atoms with Gasteiger partial charge in [-0.2, -0.15) is 12.7 Å². The molecule has 0 bridgehead atoms. The molecular weight excluding hydrogens is 308 g/mol. The SMILES string of the molecule is CN(C)S(=O)(=O)N1CCOc2ccc(Br)cc21. The third-order valence-electron chi connectivity index (χ3n) is 2.48. The molecule has 0 amide bonds. The van der Waals surface area contributed by atoms with Crippen molar-refractivity contribution in [1.29, 1.82) is 0 Å². The maximum Gasteiger partial charge on any atom is 0.303 e. The van der Waals surface area contributed by atoms with Gasteiger partial charge in [-0.1, -0.05) is 15.9 Å². The fourth-order valence-corrected chi connectivity index (χ4v) is 3.04. The summed E-state index contributed by atoms with van der Waals surface area (Å²) in [4.78, 5) is 0. The van der Waals surface area contributed by atoms with Crippen molar-refractivity contribution in [3.05, 3.63) is 22.7 Å². The summed E-state index contributed by atoms with van der Waals surface area (Å²) in [6.45, 7) is 0.686. The van der Waals surface area contributed by atoms with Crippen LogP contribution < -0.4 is 9.04 Å². The molecule has 0 saturated heterocycles. The molecule has 1 aliphatic rings. The number of ether oxygens (including phenoxy) is 1. The number of fused-ring (bicyclic) bond motifs is 1. The molecule has 5 nitrogen and oxygen atoms in total. The molecule has 0 aromatic heterocycles. The van der Waals surface area contributed by atoms with Crippen LogP contribution in [-0.2, 0) is 10.2 Å². The second-order valence-corrected chi connectivity index (χ2v) is 6.81. The minimum absolute atomic E-state index is 0.323. The third kappa shape index (κ3) is 2.27. The molecule has 0 radical (unpaired) electrons. The van der Waals surface area contributed by atoms with E-state index in [-0.39, 0.29) is 0 Å². The maximum absolute atomic E-state index is 12.1. The van der Waals surface area contributed by atoms with Crippen LogP contribution in [0.25, 0.3) is 0 Å². The van der Waals surface area contributed by atoms with Crippen molar-refractivity contribution in [3.8, 4) is 5.75 Å². The summed E-state index contributed by atoms with van der Waals surface area (Å²) >= 11 is 3.33. The zero-order valence-electron chi connectivity index (χ0n) is 9.55. The van der Waals surface area contributed by atoms with E-state index >= 15 is 0 Å². The number of anilines is 1. The molecule has 7 heteroatoms. The van der Waals surface area contributed by atoms with Gasteiger partial charge in [-0.25, -0.2) is 0 Å². The first kappa shape index (κ1) is 12.7. The highest BCUT2D eigenvalue weighted by Gasteiger charge is 2.30. The molecular formula is C10H13BrN2O3S. The summed E-state index contributed by atoms with van der Waals surface area (Å²) in [5.41, 5.74) is 0.569. The van der Waals surface area contributed by atoms with Gasteiger partial charge >= 0.3 is 10.2 Å². The van der Waals surface area contributed by atoms with Crippen LogP contribution in [0.5, 0.6) is 5.75 Å². The van der Waals surface area contributed by atoms with Gasteiger partial charge in [-0.15, -0.1) is 0 Å². The predicted octanol–water partition coefficient (Wildman–Crippen LogP) is 1.45. The fraction of sp³-hybridized carbons (Fsp3) is 0.400. The lowest BCUT2D eigenvalue weighted by Gasteiger charge is -2.32. The van der Waals surface area contributed by atoms with E-state index in [0.29, 0.717) is 24.6 Å². The summed E-state index contributed by atoms with van der Waals surface area (Å²) in [7, 11) is -0.432. The molecule has 0 aliphatic carbocycles. The van der Waals surface area contributed by atoms with Crippen LogP contribution >= 0.6 is 15.9 Å². The Hall–Kier alpha value is -0.790. The van der Waals surface area contributed by atoms with Crippen LogP contribution in [-0.4, -0.2) is 40.0 Å².